The maximum atomic E-state index is 10.2. The van der Waals surface area contributed by atoms with Gasteiger partial charge in [0.25, 0.3) is 0 Å². The Hall–Kier alpha value is -0.690. The van der Waals surface area contributed by atoms with E-state index in [9.17, 15) is 4.79 Å². The van der Waals surface area contributed by atoms with Gasteiger partial charge in [-0.3, -0.25) is 0 Å². The number of hydrogen-bond acceptors (Lipinski definition) is 5. The normalized spacial score (nSPS) is 11.1. The molecule has 0 bridgehead atoms. The molecule has 0 aliphatic rings. The minimum absolute atomic E-state index is 0.282. The van der Waals surface area contributed by atoms with Crippen molar-refractivity contribution in [3.8, 4) is 0 Å². The molecule has 0 aliphatic heterocycles. The van der Waals surface area contributed by atoms with Crippen LogP contribution in [0.3, 0.4) is 0 Å². The highest BCUT2D eigenvalue weighted by Crippen LogP contribution is 2.09. The second-order valence-electron chi connectivity index (χ2n) is 6.11. The molecule has 0 aromatic carbocycles. The average Bonchev–Trinajstić information content (AvgIpc) is 2.60. The van der Waals surface area contributed by atoms with Gasteiger partial charge in [-0.15, -0.1) is 0 Å². The molecule has 0 atom stereocenters. The minimum atomic E-state index is -0.967. The van der Waals surface area contributed by atoms with Crippen molar-refractivity contribution in [2.45, 2.75) is 64.7 Å². The van der Waals surface area contributed by atoms with Crippen LogP contribution in [0.5, 0.6) is 0 Å². The molecular formula is C19H38O6. The minimum Gasteiger partial charge on any atom is -0.480 e. The van der Waals surface area contributed by atoms with Crippen LogP contribution >= 0.6 is 0 Å². The van der Waals surface area contributed by atoms with Gasteiger partial charge in [0, 0.05) is 6.61 Å². The lowest BCUT2D eigenvalue weighted by Crippen LogP contribution is -2.14. The van der Waals surface area contributed by atoms with Gasteiger partial charge in [-0.1, -0.05) is 58.3 Å². The molecule has 0 aliphatic carbocycles. The molecule has 1 N–H and O–H groups in total. The van der Waals surface area contributed by atoms with Crippen molar-refractivity contribution in [2.75, 3.05) is 52.9 Å². The third-order valence-corrected chi connectivity index (χ3v) is 3.73. The largest absolute Gasteiger partial charge is 0.480 e. The van der Waals surface area contributed by atoms with Crippen molar-refractivity contribution < 1.29 is 28.8 Å². The Kier molecular flexibility index (Phi) is 20.8. The molecule has 0 aromatic rings. The number of ether oxygens (including phenoxy) is 4. The molecule has 0 unspecified atom stereocenters. The first-order chi connectivity index (χ1) is 12.3. The SMILES string of the molecule is CCCCCCCCCCCOCCOCCOCCOCC(=O)O. The van der Waals surface area contributed by atoms with Gasteiger partial charge in [-0.05, 0) is 6.42 Å². The summed E-state index contributed by atoms with van der Waals surface area (Å²) in [5.74, 6) is -0.967. The Morgan fingerprint density at radius 1 is 0.600 bits per heavy atom. The highest BCUT2D eigenvalue weighted by atomic mass is 16.6. The lowest BCUT2D eigenvalue weighted by Gasteiger charge is -2.07. The fraction of sp³-hybridized carbons (Fsp3) is 0.947. The second-order valence-corrected chi connectivity index (χ2v) is 6.11. The Balaban J connectivity index is 2.97. The number of hydrogen-bond donors (Lipinski definition) is 1. The Bertz CT molecular complexity index is 273. The maximum absolute atomic E-state index is 10.2. The van der Waals surface area contributed by atoms with Crippen molar-refractivity contribution in [1.82, 2.24) is 0 Å². The van der Waals surface area contributed by atoms with E-state index in [1.54, 1.807) is 0 Å². The Labute approximate surface area is 153 Å². The van der Waals surface area contributed by atoms with E-state index in [1.165, 1.54) is 51.4 Å². The van der Waals surface area contributed by atoms with E-state index in [2.05, 4.69) is 6.92 Å². The van der Waals surface area contributed by atoms with Gasteiger partial charge in [-0.2, -0.15) is 0 Å². The zero-order valence-electron chi connectivity index (χ0n) is 16.0. The molecule has 0 saturated heterocycles. The number of rotatable bonds is 21. The number of carboxylic acids is 1. The summed E-state index contributed by atoms with van der Waals surface area (Å²) in [7, 11) is 0. The summed E-state index contributed by atoms with van der Waals surface area (Å²) >= 11 is 0. The number of unbranched alkanes of at least 4 members (excludes halogenated alkanes) is 8. The zero-order chi connectivity index (χ0) is 18.4. The van der Waals surface area contributed by atoms with Crippen LogP contribution in [0.15, 0.2) is 0 Å². The zero-order valence-corrected chi connectivity index (χ0v) is 16.0. The van der Waals surface area contributed by atoms with Gasteiger partial charge < -0.3 is 24.1 Å². The van der Waals surface area contributed by atoms with Gasteiger partial charge in [0.1, 0.15) is 6.61 Å². The monoisotopic (exact) mass is 362 g/mol. The van der Waals surface area contributed by atoms with E-state index >= 15 is 0 Å². The molecule has 0 amide bonds. The lowest BCUT2D eigenvalue weighted by molar-refractivity contribution is -0.142. The smallest absolute Gasteiger partial charge is 0.329 e. The first-order valence-electron chi connectivity index (χ1n) is 9.80. The summed E-state index contributed by atoms with van der Waals surface area (Å²) in [6.07, 6.45) is 11.9. The fourth-order valence-corrected chi connectivity index (χ4v) is 2.33. The molecule has 0 fully saturated rings. The van der Waals surface area contributed by atoms with Crippen LogP contribution in [0.1, 0.15) is 64.7 Å². The van der Waals surface area contributed by atoms with Crippen molar-refractivity contribution in [1.29, 1.82) is 0 Å². The molecule has 25 heavy (non-hydrogen) atoms. The Morgan fingerprint density at radius 2 is 1.00 bits per heavy atom. The van der Waals surface area contributed by atoms with E-state index in [0.717, 1.165) is 13.0 Å². The van der Waals surface area contributed by atoms with Crippen LogP contribution < -0.4 is 0 Å². The van der Waals surface area contributed by atoms with E-state index in [-0.39, 0.29) is 13.2 Å². The van der Waals surface area contributed by atoms with E-state index in [1.807, 2.05) is 0 Å². The average molecular weight is 363 g/mol. The van der Waals surface area contributed by atoms with Crippen LogP contribution in [0.25, 0.3) is 0 Å². The summed E-state index contributed by atoms with van der Waals surface area (Å²) in [6.45, 7) is 5.65. The summed E-state index contributed by atoms with van der Waals surface area (Å²) in [4.78, 5) is 10.2. The number of carboxylic acid groups (broad SMARTS) is 1. The van der Waals surface area contributed by atoms with E-state index in [0.29, 0.717) is 33.0 Å². The van der Waals surface area contributed by atoms with Crippen molar-refractivity contribution in [3.63, 3.8) is 0 Å². The van der Waals surface area contributed by atoms with Crippen molar-refractivity contribution in [2.24, 2.45) is 0 Å². The number of carbonyl (C=O) groups is 1. The van der Waals surface area contributed by atoms with Crippen LogP contribution in [0.4, 0.5) is 0 Å². The van der Waals surface area contributed by atoms with E-state index in [4.69, 9.17) is 24.1 Å². The van der Waals surface area contributed by atoms with Crippen LogP contribution in [0.2, 0.25) is 0 Å². The fourth-order valence-electron chi connectivity index (χ4n) is 2.33. The van der Waals surface area contributed by atoms with Gasteiger partial charge in [0.15, 0.2) is 0 Å². The van der Waals surface area contributed by atoms with Crippen LogP contribution in [0, 0.1) is 0 Å². The van der Waals surface area contributed by atoms with Gasteiger partial charge in [0.05, 0.1) is 39.6 Å². The van der Waals surface area contributed by atoms with Crippen molar-refractivity contribution in [3.05, 3.63) is 0 Å². The predicted molar refractivity (Wildman–Crippen MR) is 98.1 cm³/mol. The lowest BCUT2D eigenvalue weighted by atomic mass is 10.1. The molecule has 0 aromatic heterocycles. The second kappa shape index (κ2) is 21.4. The first kappa shape index (κ1) is 24.3. The predicted octanol–water partition coefficient (Wildman–Crippen LogP) is 3.67. The van der Waals surface area contributed by atoms with Crippen molar-refractivity contribution >= 4 is 5.97 Å². The molecule has 0 radical (unpaired) electrons. The molecule has 0 saturated carbocycles. The van der Waals surface area contributed by atoms with Gasteiger partial charge in [0.2, 0.25) is 0 Å². The molecule has 150 valence electrons. The number of aliphatic carboxylic acids is 1. The van der Waals surface area contributed by atoms with Gasteiger partial charge >= 0.3 is 5.97 Å². The summed E-state index contributed by atoms with van der Waals surface area (Å²) in [5.41, 5.74) is 0. The Morgan fingerprint density at radius 3 is 1.48 bits per heavy atom. The maximum Gasteiger partial charge on any atom is 0.329 e. The molecule has 0 heterocycles. The van der Waals surface area contributed by atoms with Gasteiger partial charge in [-0.25, -0.2) is 4.79 Å². The van der Waals surface area contributed by atoms with Crippen LogP contribution in [-0.2, 0) is 23.7 Å². The molecule has 6 heteroatoms. The third-order valence-electron chi connectivity index (χ3n) is 3.73. The molecule has 6 nitrogen and oxygen atoms in total. The topological polar surface area (TPSA) is 74.2 Å². The molecule has 0 rings (SSSR count). The summed E-state index contributed by atoms with van der Waals surface area (Å²) in [6, 6.07) is 0. The first-order valence-corrected chi connectivity index (χ1v) is 9.80. The molecular weight excluding hydrogens is 324 g/mol. The summed E-state index contributed by atoms with van der Waals surface area (Å²) in [5, 5.41) is 8.37. The highest BCUT2D eigenvalue weighted by Gasteiger charge is 1.96. The third kappa shape index (κ3) is 23.3. The van der Waals surface area contributed by atoms with E-state index < -0.39 is 5.97 Å². The quantitative estimate of drug-likeness (QED) is 0.314. The van der Waals surface area contributed by atoms with Crippen LogP contribution in [-0.4, -0.2) is 63.9 Å². The standard InChI is InChI=1S/C19H38O6/c1-2-3-4-5-6-7-8-9-10-11-22-12-13-23-14-15-24-16-17-25-18-19(20)21/h2-18H2,1H3,(H,20,21). The molecule has 0 spiro atoms. The highest BCUT2D eigenvalue weighted by molar-refractivity contribution is 5.67. The summed E-state index contributed by atoms with van der Waals surface area (Å²) < 4.78 is 21.0.